The predicted molar refractivity (Wildman–Crippen MR) is 118 cm³/mol. The minimum absolute atomic E-state index is 0.0816. The molecule has 0 aliphatic carbocycles. The summed E-state index contributed by atoms with van der Waals surface area (Å²) in [7, 11) is 0. The van der Waals surface area contributed by atoms with Crippen LogP contribution in [0.5, 0.6) is 5.75 Å². The molecule has 2 amide bonds. The minimum atomic E-state index is -1.62. The molecule has 3 atom stereocenters. The van der Waals surface area contributed by atoms with Crippen molar-refractivity contribution >= 4 is 11.8 Å². The highest BCUT2D eigenvalue weighted by atomic mass is 16.5. The van der Waals surface area contributed by atoms with E-state index in [-0.39, 0.29) is 17.4 Å². The highest BCUT2D eigenvalue weighted by Crippen LogP contribution is 2.34. The topological polar surface area (TPSA) is 111 Å². The van der Waals surface area contributed by atoms with Gasteiger partial charge in [-0.25, -0.2) is 5.48 Å². The van der Waals surface area contributed by atoms with Gasteiger partial charge in [-0.15, -0.1) is 0 Å². The Morgan fingerprint density at radius 2 is 1.87 bits per heavy atom. The zero-order valence-corrected chi connectivity index (χ0v) is 19.4. The first-order chi connectivity index (χ1) is 14.4. The van der Waals surface area contributed by atoms with Gasteiger partial charge in [0.05, 0.1) is 11.5 Å². The summed E-state index contributed by atoms with van der Waals surface area (Å²) in [5.74, 6) is -1.40. The molecule has 2 rings (SSSR count). The van der Waals surface area contributed by atoms with E-state index in [4.69, 9.17) is 9.94 Å². The first-order valence-electron chi connectivity index (χ1n) is 10.8. The Morgan fingerprint density at radius 3 is 2.39 bits per heavy atom. The zero-order chi connectivity index (χ0) is 23.4. The molecule has 1 aromatic carbocycles. The van der Waals surface area contributed by atoms with Crippen molar-refractivity contribution in [2.45, 2.75) is 65.2 Å². The smallest absolute Gasteiger partial charge is 0.272 e. The number of aliphatic hydroxyl groups is 1. The maximum absolute atomic E-state index is 13.6. The number of carbonyl (C=O) groups is 2. The first kappa shape index (κ1) is 25.1. The molecule has 31 heavy (non-hydrogen) atoms. The van der Waals surface area contributed by atoms with Gasteiger partial charge in [0, 0.05) is 19.6 Å². The molecule has 0 aromatic heterocycles. The second kappa shape index (κ2) is 9.97. The van der Waals surface area contributed by atoms with Gasteiger partial charge in [-0.1, -0.05) is 26.0 Å². The number of hydrogen-bond acceptors (Lipinski definition) is 6. The molecule has 0 unspecified atom stereocenters. The van der Waals surface area contributed by atoms with Crippen LogP contribution in [0.1, 0.15) is 53.5 Å². The third-order valence-corrected chi connectivity index (χ3v) is 5.55. The van der Waals surface area contributed by atoms with Crippen LogP contribution in [0.15, 0.2) is 24.3 Å². The van der Waals surface area contributed by atoms with Gasteiger partial charge in [-0.05, 0) is 57.7 Å². The maximum Gasteiger partial charge on any atom is 0.272 e. The SMILES string of the molecule is CC(C)C[C@H](C(=O)N1CCNC[C@@]1(C)c1ccc(OC(C)(C)C)cc1)[C@H](O)C(=O)NO. The lowest BCUT2D eigenvalue weighted by atomic mass is 9.84. The largest absolute Gasteiger partial charge is 0.488 e. The maximum atomic E-state index is 13.6. The molecule has 0 radical (unpaired) electrons. The van der Waals surface area contributed by atoms with E-state index >= 15 is 0 Å². The summed E-state index contributed by atoms with van der Waals surface area (Å²) in [6, 6.07) is 7.68. The average Bonchev–Trinajstić information content (AvgIpc) is 2.70. The van der Waals surface area contributed by atoms with Gasteiger partial charge in [0.1, 0.15) is 17.5 Å². The molecular weight excluding hydrogens is 398 g/mol. The molecular formula is C23H37N3O5. The first-order valence-corrected chi connectivity index (χ1v) is 10.8. The van der Waals surface area contributed by atoms with Crippen molar-refractivity contribution in [2.24, 2.45) is 11.8 Å². The minimum Gasteiger partial charge on any atom is -0.488 e. The van der Waals surface area contributed by atoms with E-state index in [2.05, 4.69) is 5.32 Å². The molecule has 4 N–H and O–H groups in total. The van der Waals surface area contributed by atoms with E-state index < -0.39 is 23.5 Å². The summed E-state index contributed by atoms with van der Waals surface area (Å²) in [6.07, 6.45) is -1.30. The number of amides is 2. The number of hydroxylamine groups is 1. The Labute approximate surface area is 184 Å². The molecule has 8 heteroatoms. The van der Waals surface area contributed by atoms with Crippen LogP contribution in [0.3, 0.4) is 0 Å². The number of carbonyl (C=O) groups excluding carboxylic acids is 2. The molecule has 1 saturated heterocycles. The van der Waals surface area contributed by atoms with Gasteiger partial charge in [0.2, 0.25) is 5.91 Å². The number of hydrogen-bond donors (Lipinski definition) is 4. The molecule has 0 saturated carbocycles. The fourth-order valence-electron chi connectivity index (χ4n) is 4.03. The van der Waals surface area contributed by atoms with E-state index in [1.165, 1.54) is 5.48 Å². The second-order valence-electron chi connectivity index (χ2n) is 9.84. The Balaban J connectivity index is 2.35. The lowest BCUT2D eigenvalue weighted by Gasteiger charge is -2.47. The second-order valence-corrected chi connectivity index (χ2v) is 9.84. The third-order valence-electron chi connectivity index (χ3n) is 5.55. The van der Waals surface area contributed by atoms with Gasteiger partial charge < -0.3 is 20.1 Å². The number of ether oxygens (including phenoxy) is 1. The normalized spacial score (nSPS) is 21.5. The van der Waals surface area contributed by atoms with Crippen molar-refractivity contribution in [3.63, 3.8) is 0 Å². The fraction of sp³-hybridized carbons (Fsp3) is 0.652. The highest BCUT2D eigenvalue weighted by molar-refractivity contribution is 5.89. The van der Waals surface area contributed by atoms with E-state index in [1.54, 1.807) is 4.90 Å². The van der Waals surface area contributed by atoms with E-state index in [9.17, 15) is 14.7 Å². The van der Waals surface area contributed by atoms with Crippen LogP contribution in [0, 0.1) is 11.8 Å². The summed E-state index contributed by atoms with van der Waals surface area (Å²) in [5.41, 5.74) is 1.42. The molecule has 1 aliphatic rings. The molecule has 1 fully saturated rings. The lowest BCUT2D eigenvalue weighted by molar-refractivity contribution is -0.155. The summed E-state index contributed by atoms with van der Waals surface area (Å²) in [4.78, 5) is 27.2. The van der Waals surface area contributed by atoms with Crippen LogP contribution in [0.4, 0.5) is 0 Å². The van der Waals surface area contributed by atoms with E-state index in [0.717, 1.165) is 11.3 Å². The van der Waals surface area contributed by atoms with Crippen LogP contribution in [0.2, 0.25) is 0 Å². The van der Waals surface area contributed by atoms with Gasteiger partial charge in [0.15, 0.2) is 0 Å². The van der Waals surface area contributed by atoms with Crippen molar-refractivity contribution in [1.29, 1.82) is 0 Å². The van der Waals surface area contributed by atoms with Crippen molar-refractivity contribution in [3.05, 3.63) is 29.8 Å². The lowest BCUT2D eigenvalue weighted by Crippen LogP contribution is -2.62. The van der Waals surface area contributed by atoms with Crippen LogP contribution in [-0.4, -0.2) is 58.4 Å². The van der Waals surface area contributed by atoms with Crippen molar-refractivity contribution in [1.82, 2.24) is 15.7 Å². The Hall–Kier alpha value is -2.16. The number of nitrogens with one attached hydrogen (secondary N) is 2. The predicted octanol–water partition coefficient (Wildman–Crippen LogP) is 2.04. The van der Waals surface area contributed by atoms with Crippen molar-refractivity contribution < 1.29 is 24.6 Å². The van der Waals surface area contributed by atoms with Crippen LogP contribution < -0.4 is 15.5 Å². The van der Waals surface area contributed by atoms with Gasteiger partial charge in [-0.3, -0.25) is 14.8 Å². The number of piperazine rings is 1. The van der Waals surface area contributed by atoms with Gasteiger partial charge >= 0.3 is 0 Å². The zero-order valence-electron chi connectivity index (χ0n) is 19.4. The summed E-state index contributed by atoms with van der Waals surface area (Å²) >= 11 is 0. The van der Waals surface area contributed by atoms with Gasteiger partial charge in [-0.2, -0.15) is 0 Å². The van der Waals surface area contributed by atoms with Gasteiger partial charge in [0.25, 0.3) is 5.91 Å². The van der Waals surface area contributed by atoms with Crippen molar-refractivity contribution in [3.8, 4) is 5.75 Å². The number of benzene rings is 1. The molecule has 174 valence electrons. The van der Waals surface area contributed by atoms with Crippen molar-refractivity contribution in [2.75, 3.05) is 19.6 Å². The average molecular weight is 436 g/mol. The molecule has 1 aromatic rings. The quantitative estimate of drug-likeness (QED) is 0.385. The fourth-order valence-corrected chi connectivity index (χ4v) is 4.03. The standard InChI is InChI=1S/C23H37N3O5/c1-15(2)13-18(19(27)20(28)25-30)21(29)26-12-11-24-14-23(26,6)16-7-9-17(10-8-16)31-22(3,4)5/h7-10,15,18-19,24,27,30H,11-14H2,1-6H3,(H,25,28)/t18-,19-,23-/m0/s1. The third kappa shape index (κ3) is 6.18. The Morgan fingerprint density at radius 1 is 1.26 bits per heavy atom. The molecule has 8 nitrogen and oxygen atoms in total. The van der Waals surface area contributed by atoms with E-state index in [1.807, 2.05) is 65.8 Å². The number of rotatable bonds is 7. The Kier molecular flexibility index (Phi) is 8.08. The molecule has 1 heterocycles. The summed E-state index contributed by atoms with van der Waals surface area (Å²) in [5, 5.41) is 22.8. The van der Waals surface area contributed by atoms with E-state index in [0.29, 0.717) is 26.1 Å². The molecule has 0 spiro atoms. The Bertz CT molecular complexity index is 759. The van der Waals surface area contributed by atoms with Crippen LogP contribution in [0.25, 0.3) is 0 Å². The molecule has 0 bridgehead atoms. The monoisotopic (exact) mass is 435 g/mol. The number of nitrogens with zero attached hydrogens (tertiary/aromatic N) is 1. The van der Waals surface area contributed by atoms with Crippen LogP contribution in [-0.2, 0) is 15.1 Å². The number of aliphatic hydroxyl groups excluding tert-OH is 1. The highest BCUT2D eigenvalue weighted by Gasteiger charge is 2.44. The van der Waals surface area contributed by atoms with Crippen LogP contribution >= 0.6 is 0 Å². The summed E-state index contributed by atoms with van der Waals surface area (Å²) in [6.45, 7) is 13.4. The molecule has 1 aliphatic heterocycles. The summed E-state index contributed by atoms with van der Waals surface area (Å²) < 4.78 is 5.91.